The lowest BCUT2D eigenvalue weighted by atomic mass is 10.4. The van der Waals surface area contributed by atoms with Gasteiger partial charge in [-0.2, -0.15) is 0 Å². The van der Waals surface area contributed by atoms with Crippen molar-refractivity contribution in [2.75, 3.05) is 0 Å². The average Bonchev–Trinajstić information content (AvgIpc) is 2.58. The Balaban J connectivity index is 2.36. The van der Waals surface area contributed by atoms with Crippen LogP contribution in [-0.4, -0.2) is 14.1 Å². The van der Waals surface area contributed by atoms with Crippen molar-refractivity contribution in [3.63, 3.8) is 0 Å². The minimum atomic E-state index is -0.0267. The first kappa shape index (κ1) is 10.2. The van der Waals surface area contributed by atoms with Crippen molar-refractivity contribution in [3.8, 4) is 0 Å². The van der Waals surface area contributed by atoms with Crippen molar-refractivity contribution in [1.82, 2.24) is 14.1 Å². The Labute approximate surface area is 95.3 Å². The molecule has 0 aliphatic carbocycles. The van der Waals surface area contributed by atoms with Gasteiger partial charge in [-0.1, -0.05) is 0 Å². The molecule has 0 spiro atoms. The fourth-order valence-corrected chi connectivity index (χ4v) is 1.71. The lowest BCUT2D eigenvalue weighted by molar-refractivity contribution is 0.677. The summed E-state index contributed by atoms with van der Waals surface area (Å²) in [6.07, 6.45) is 5.34. The van der Waals surface area contributed by atoms with Crippen molar-refractivity contribution in [2.24, 2.45) is 7.05 Å². The first-order valence-corrected chi connectivity index (χ1v) is 5.28. The van der Waals surface area contributed by atoms with Crippen LogP contribution in [0.15, 0.2) is 40.0 Å². The highest BCUT2D eigenvalue weighted by molar-refractivity contribution is 9.10. The van der Waals surface area contributed by atoms with E-state index in [4.69, 9.17) is 0 Å². The first-order valence-electron chi connectivity index (χ1n) is 4.49. The number of aromatic nitrogens is 3. The highest BCUT2D eigenvalue weighted by Crippen LogP contribution is 2.06. The average molecular weight is 268 g/mol. The summed E-state index contributed by atoms with van der Waals surface area (Å²) >= 11 is 3.33. The van der Waals surface area contributed by atoms with Crippen molar-refractivity contribution in [2.45, 2.75) is 6.54 Å². The Bertz CT molecular complexity index is 529. The molecule has 2 aromatic rings. The normalized spacial score (nSPS) is 10.5. The van der Waals surface area contributed by atoms with Gasteiger partial charge in [0.1, 0.15) is 5.82 Å². The molecule has 2 rings (SSSR count). The van der Waals surface area contributed by atoms with Crippen molar-refractivity contribution >= 4 is 15.9 Å². The quantitative estimate of drug-likeness (QED) is 0.825. The molecule has 0 aromatic carbocycles. The van der Waals surface area contributed by atoms with Gasteiger partial charge in [0.25, 0.3) is 5.56 Å². The number of hydrogen-bond donors (Lipinski definition) is 0. The zero-order valence-corrected chi connectivity index (χ0v) is 9.81. The van der Waals surface area contributed by atoms with Crippen molar-refractivity contribution in [1.29, 1.82) is 0 Å². The molecule has 4 nitrogen and oxygen atoms in total. The zero-order chi connectivity index (χ0) is 10.8. The lowest BCUT2D eigenvalue weighted by Gasteiger charge is -2.05. The molecule has 0 amide bonds. The fourth-order valence-electron chi connectivity index (χ4n) is 1.33. The third-order valence-electron chi connectivity index (χ3n) is 2.18. The maximum atomic E-state index is 11.5. The molecule has 0 saturated heterocycles. The maximum Gasteiger partial charge on any atom is 0.250 e. The van der Waals surface area contributed by atoms with Crippen LogP contribution in [0.3, 0.4) is 0 Å². The monoisotopic (exact) mass is 267 g/mol. The van der Waals surface area contributed by atoms with E-state index in [1.54, 1.807) is 23.0 Å². The van der Waals surface area contributed by atoms with Gasteiger partial charge < -0.3 is 9.13 Å². The van der Waals surface area contributed by atoms with Crippen molar-refractivity contribution < 1.29 is 0 Å². The van der Waals surface area contributed by atoms with E-state index in [-0.39, 0.29) is 5.56 Å². The predicted octanol–water partition coefficient (Wildman–Crippen LogP) is 1.39. The molecule has 15 heavy (non-hydrogen) atoms. The van der Waals surface area contributed by atoms with Crippen LogP contribution in [0, 0.1) is 0 Å². The predicted molar refractivity (Wildman–Crippen MR) is 60.7 cm³/mol. The van der Waals surface area contributed by atoms with Crippen LogP contribution in [0.1, 0.15) is 5.82 Å². The van der Waals surface area contributed by atoms with Gasteiger partial charge >= 0.3 is 0 Å². The number of hydrogen-bond acceptors (Lipinski definition) is 2. The van der Waals surface area contributed by atoms with Gasteiger partial charge in [0.05, 0.1) is 6.54 Å². The molecule has 78 valence electrons. The van der Waals surface area contributed by atoms with E-state index in [9.17, 15) is 4.79 Å². The third kappa shape index (κ3) is 2.18. The molecule has 0 atom stereocenters. The van der Waals surface area contributed by atoms with E-state index < -0.39 is 0 Å². The Hall–Kier alpha value is -1.36. The summed E-state index contributed by atoms with van der Waals surface area (Å²) in [7, 11) is 1.91. The zero-order valence-electron chi connectivity index (χ0n) is 8.22. The second-order valence-corrected chi connectivity index (χ2v) is 4.18. The van der Waals surface area contributed by atoms with Crippen LogP contribution >= 0.6 is 15.9 Å². The molecule has 2 heterocycles. The van der Waals surface area contributed by atoms with Crippen LogP contribution in [0.5, 0.6) is 0 Å². The molecular weight excluding hydrogens is 258 g/mol. The van der Waals surface area contributed by atoms with E-state index in [1.165, 1.54) is 6.07 Å². The smallest absolute Gasteiger partial charge is 0.250 e. The van der Waals surface area contributed by atoms with Gasteiger partial charge in [-0.25, -0.2) is 4.98 Å². The van der Waals surface area contributed by atoms with Gasteiger partial charge in [0, 0.05) is 36.2 Å². The SMILES string of the molecule is Cn1ccnc1Cn1cc(Br)ccc1=O. The largest absolute Gasteiger partial charge is 0.337 e. The number of halogens is 1. The molecule has 0 N–H and O–H groups in total. The van der Waals surface area contributed by atoms with Gasteiger partial charge in [0.2, 0.25) is 0 Å². The summed E-state index contributed by atoms with van der Waals surface area (Å²) in [4.78, 5) is 15.7. The molecule has 0 fully saturated rings. The molecule has 0 aliphatic rings. The Morgan fingerprint density at radius 2 is 2.27 bits per heavy atom. The van der Waals surface area contributed by atoms with Crippen LogP contribution in [0.4, 0.5) is 0 Å². The van der Waals surface area contributed by atoms with E-state index >= 15 is 0 Å². The molecular formula is C10H10BrN3O. The molecule has 0 bridgehead atoms. The Morgan fingerprint density at radius 3 is 2.93 bits per heavy atom. The third-order valence-corrected chi connectivity index (χ3v) is 2.65. The topological polar surface area (TPSA) is 39.8 Å². The standard InChI is InChI=1S/C10H10BrN3O/c1-13-5-4-12-9(13)7-14-6-8(11)2-3-10(14)15/h2-6H,7H2,1H3. The molecule has 2 aromatic heterocycles. The lowest BCUT2D eigenvalue weighted by Crippen LogP contribution is -2.20. The highest BCUT2D eigenvalue weighted by Gasteiger charge is 2.02. The second-order valence-electron chi connectivity index (χ2n) is 3.27. The Kier molecular flexibility index (Phi) is 2.73. The summed E-state index contributed by atoms with van der Waals surface area (Å²) in [6, 6.07) is 3.27. The van der Waals surface area contributed by atoms with E-state index in [1.807, 2.05) is 17.8 Å². The minimum absolute atomic E-state index is 0.0267. The molecule has 0 saturated carbocycles. The maximum absolute atomic E-state index is 11.5. The van der Waals surface area contributed by atoms with Crippen LogP contribution in [-0.2, 0) is 13.6 Å². The van der Waals surface area contributed by atoms with Gasteiger partial charge in [-0.05, 0) is 22.0 Å². The molecule has 0 unspecified atom stereocenters. The van der Waals surface area contributed by atoms with Gasteiger partial charge in [-0.15, -0.1) is 0 Å². The number of pyridine rings is 1. The number of aryl methyl sites for hydroxylation is 1. The van der Waals surface area contributed by atoms with E-state index in [2.05, 4.69) is 20.9 Å². The van der Waals surface area contributed by atoms with Crippen LogP contribution in [0.25, 0.3) is 0 Å². The van der Waals surface area contributed by atoms with Crippen molar-refractivity contribution in [3.05, 3.63) is 51.4 Å². The highest BCUT2D eigenvalue weighted by atomic mass is 79.9. The number of rotatable bonds is 2. The fraction of sp³-hybridized carbons (Fsp3) is 0.200. The number of nitrogens with zero attached hydrogens (tertiary/aromatic N) is 3. The summed E-state index contributed by atoms with van der Waals surface area (Å²) in [5, 5.41) is 0. The van der Waals surface area contributed by atoms with Crippen LogP contribution < -0.4 is 5.56 Å². The van der Waals surface area contributed by atoms with Gasteiger partial charge in [0.15, 0.2) is 0 Å². The minimum Gasteiger partial charge on any atom is -0.337 e. The molecule has 0 radical (unpaired) electrons. The summed E-state index contributed by atoms with van der Waals surface area (Å²) in [5.41, 5.74) is -0.0267. The second kappa shape index (κ2) is 4.02. The molecule has 5 heteroatoms. The summed E-state index contributed by atoms with van der Waals surface area (Å²) < 4.78 is 4.40. The molecule has 0 aliphatic heterocycles. The van der Waals surface area contributed by atoms with Crippen LogP contribution in [0.2, 0.25) is 0 Å². The number of imidazole rings is 1. The van der Waals surface area contributed by atoms with E-state index in [0.29, 0.717) is 6.54 Å². The van der Waals surface area contributed by atoms with E-state index in [0.717, 1.165) is 10.3 Å². The Morgan fingerprint density at radius 1 is 1.47 bits per heavy atom. The summed E-state index contributed by atoms with van der Waals surface area (Å²) in [6.45, 7) is 0.488. The summed E-state index contributed by atoms with van der Waals surface area (Å²) in [5.74, 6) is 0.857. The van der Waals surface area contributed by atoms with Gasteiger partial charge in [-0.3, -0.25) is 4.79 Å². The first-order chi connectivity index (χ1) is 7.16.